The zero-order valence-electron chi connectivity index (χ0n) is 16.9. The molecule has 9 heteroatoms. The van der Waals surface area contributed by atoms with Crippen molar-refractivity contribution < 1.29 is 39.5 Å². The van der Waals surface area contributed by atoms with Crippen LogP contribution in [0, 0.1) is 0 Å². The van der Waals surface area contributed by atoms with Gasteiger partial charge in [-0.1, -0.05) is 29.8 Å². The van der Waals surface area contributed by atoms with Crippen LogP contribution < -0.4 is 45.3 Å². The summed E-state index contributed by atoms with van der Waals surface area (Å²) in [6.07, 6.45) is 0.551. The monoisotopic (exact) mass is 452 g/mol. The molecule has 1 fully saturated rings. The van der Waals surface area contributed by atoms with Crippen molar-refractivity contribution in [1.82, 2.24) is 9.27 Å². The first kappa shape index (κ1) is 23.3. The Morgan fingerprint density at radius 1 is 1.17 bits per heavy atom. The molecule has 30 heavy (non-hydrogen) atoms. The van der Waals surface area contributed by atoms with Crippen LogP contribution in [0.5, 0.6) is 0 Å². The Labute approximate surface area is 207 Å². The molecule has 4 rings (SSSR count). The predicted octanol–water partition coefficient (Wildman–Crippen LogP) is -0.807. The van der Waals surface area contributed by atoms with Gasteiger partial charge >= 0.3 is 29.6 Å². The van der Waals surface area contributed by atoms with Gasteiger partial charge in [0.1, 0.15) is 5.82 Å². The van der Waals surface area contributed by atoms with Crippen molar-refractivity contribution in [1.29, 1.82) is 0 Å². The van der Waals surface area contributed by atoms with Crippen LogP contribution in [0.4, 0.5) is 11.5 Å². The minimum atomic E-state index is -1.14. The molecular weight excluding hydrogens is 431 g/mol. The molecule has 0 radical (unpaired) electrons. The number of hydrogen-bond donors (Lipinski definition) is 1. The van der Waals surface area contributed by atoms with Gasteiger partial charge in [0.05, 0.1) is 4.70 Å². The Kier molecular flexibility index (Phi) is 8.01. The summed E-state index contributed by atoms with van der Waals surface area (Å²) in [6, 6.07) is 11.8. The molecular formula is C21H22ClN4NaO2S. The van der Waals surface area contributed by atoms with E-state index < -0.39 is 5.97 Å². The fraction of sp³-hybridized carbons (Fsp3) is 0.333. The fourth-order valence-electron chi connectivity index (χ4n) is 3.75. The van der Waals surface area contributed by atoms with Crippen LogP contribution in [-0.4, -0.2) is 48.0 Å². The van der Waals surface area contributed by atoms with Crippen LogP contribution >= 0.6 is 23.1 Å². The van der Waals surface area contributed by atoms with Crippen LogP contribution in [0.2, 0.25) is 5.02 Å². The number of anilines is 2. The van der Waals surface area contributed by atoms with E-state index in [1.807, 2.05) is 6.07 Å². The summed E-state index contributed by atoms with van der Waals surface area (Å²) < 4.78 is 5.88. The van der Waals surface area contributed by atoms with E-state index in [9.17, 15) is 9.90 Å². The van der Waals surface area contributed by atoms with Gasteiger partial charge in [0.25, 0.3) is 0 Å². The van der Waals surface area contributed by atoms with E-state index >= 15 is 0 Å². The number of aromatic nitrogens is 1. The molecule has 1 aromatic heterocycles. The molecule has 0 aliphatic carbocycles. The third kappa shape index (κ3) is 5.28. The van der Waals surface area contributed by atoms with Gasteiger partial charge in [0.15, 0.2) is 0 Å². The van der Waals surface area contributed by atoms with Gasteiger partial charge in [-0.05, 0) is 47.3 Å². The van der Waals surface area contributed by atoms with Crippen molar-refractivity contribution in [2.75, 3.05) is 43.4 Å². The maximum absolute atomic E-state index is 10.9. The van der Waals surface area contributed by atoms with E-state index in [-0.39, 0.29) is 36.0 Å². The van der Waals surface area contributed by atoms with Gasteiger partial charge < -0.3 is 20.5 Å². The zero-order valence-corrected chi connectivity index (χ0v) is 20.5. The minimum absolute atomic E-state index is 0. The smallest absolute Gasteiger partial charge is 0.550 e. The standard InChI is InChI=1S/C21H23ClN4O2S.Na/c22-17-13-18(23)15(12-20(27)28)11-14(17)5-6-25-7-9-26(10-8-25)21-16-3-1-2-4-19(16)29-24-21;/h1-4,11,13H,5-10,12,23H2,(H,27,28);/q;+1/p-1. The molecule has 1 aliphatic heterocycles. The molecule has 0 bridgehead atoms. The summed E-state index contributed by atoms with van der Waals surface area (Å²) >= 11 is 7.87. The first-order chi connectivity index (χ1) is 14.0. The quantitative estimate of drug-likeness (QED) is 0.389. The molecule has 0 saturated carbocycles. The Bertz CT molecular complexity index is 1040. The van der Waals surface area contributed by atoms with E-state index in [1.165, 1.54) is 10.1 Å². The van der Waals surface area contributed by atoms with E-state index in [1.54, 1.807) is 23.7 Å². The topological polar surface area (TPSA) is 85.5 Å². The zero-order chi connectivity index (χ0) is 20.4. The van der Waals surface area contributed by atoms with Crippen molar-refractivity contribution in [2.24, 2.45) is 0 Å². The number of fused-ring (bicyclic) bond motifs is 1. The number of carboxylic acid groups (broad SMARTS) is 1. The molecule has 2 heterocycles. The first-order valence-electron chi connectivity index (χ1n) is 9.59. The normalized spacial score (nSPS) is 14.6. The second-order valence-electron chi connectivity index (χ2n) is 7.27. The summed E-state index contributed by atoms with van der Waals surface area (Å²) in [5.41, 5.74) is 7.76. The maximum Gasteiger partial charge on any atom is 1.00 e. The summed E-state index contributed by atoms with van der Waals surface area (Å²) in [4.78, 5) is 15.7. The van der Waals surface area contributed by atoms with Crippen LogP contribution in [0.3, 0.4) is 0 Å². The summed E-state index contributed by atoms with van der Waals surface area (Å²) in [6.45, 7) is 4.62. The first-order valence-corrected chi connectivity index (χ1v) is 10.7. The molecule has 3 aromatic rings. The predicted molar refractivity (Wildman–Crippen MR) is 117 cm³/mol. The minimum Gasteiger partial charge on any atom is -0.550 e. The Balaban J connectivity index is 0.00000256. The van der Waals surface area contributed by atoms with Gasteiger partial charge in [0.2, 0.25) is 0 Å². The van der Waals surface area contributed by atoms with Gasteiger partial charge in [-0.15, -0.1) is 0 Å². The number of carboxylic acids is 1. The molecule has 2 aromatic carbocycles. The number of benzene rings is 2. The number of hydrogen-bond acceptors (Lipinski definition) is 7. The number of nitrogens with two attached hydrogens (primary N) is 1. The molecule has 0 atom stereocenters. The third-order valence-electron chi connectivity index (χ3n) is 5.37. The van der Waals surface area contributed by atoms with Gasteiger partial charge in [-0.3, -0.25) is 4.90 Å². The summed E-state index contributed by atoms with van der Waals surface area (Å²) in [5, 5.41) is 12.7. The Morgan fingerprint density at radius 2 is 1.90 bits per heavy atom. The van der Waals surface area contributed by atoms with Crippen molar-refractivity contribution in [3.8, 4) is 0 Å². The molecule has 6 nitrogen and oxygen atoms in total. The largest absolute Gasteiger partial charge is 1.00 e. The van der Waals surface area contributed by atoms with E-state index in [2.05, 4.69) is 32.4 Å². The third-order valence-corrected chi connectivity index (χ3v) is 6.54. The SMILES string of the molecule is Nc1cc(Cl)c(CCN2CCN(c3nsc4ccccc34)CC2)cc1CC(=O)[O-].[Na+]. The molecule has 0 unspecified atom stereocenters. The van der Waals surface area contributed by atoms with Crippen molar-refractivity contribution in [3.05, 3.63) is 52.5 Å². The average molecular weight is 453 g/mol. The number of piperazine rings is 1. The van der Waals surface area contributed by atoms with Crippen molar-refractivity contribution in [2.45, 2.75) is 12.8 Å². The Hall–Kier alpha value is -1.35. The van der Waals surface area contributed by atoms with E-state index in [0.29, 0.717) is 16.3 Å². The van der Waals surface area contributed by atoms with Crippen LogP contribution in [-0.2, 0) is 17.6 Å². The number of carbonyl (C=O) groups excluding carboxylic acids is 1. The van der Waals surface area contributed by atoms with Gasteiger partial charge in [0, 0.05) is 61.2 Å². The molecule has 1 aliphatic rings. The van der Waals surface area contributed by atoms with Crippen LogP contribution in [0.15, 0.2) is 36.4 Å². The van der Waals surface area contributed by atoms with Crippen molar-refractivity contribution >= 4 is 50.7 Å². The average Bonchev–Trinajstić information content (AvgIpc) is 3.13. The molecule has 152 valence electrons. The molecule has 0 spiro atoms. The second kappa shape index (κ2) is 10.3. The Morgan fingerprint density at radius 3 is 2.63 bits per heavy atom. The molecule has 2 N–H and O–H groups in total. The van der Waals surface area contributed by atoms with Gasteiger partial charge in [-0.25, -0.2) is 0 Å². The molecule has 0 amide bonds. The van der Waals surface area contributed by atoms with E-state index in [4.69, 9.17) is 17.3 Å². The maximum atomic E-state index is 10.9. The number of halogens is 1. The van der Waals surface area contributed by atoms with Crippen LogP contribution in [0.25, 0.3) is 10.1 Å². The number of nitrogens with zero attached hydrogens (tertiary/aromatic N) is 3. The molecule has 1 saturated heterocycles. The van der Waals surface area contributed by atoms with Crippen LogP contribution in [0.1, 0.15) is 11.1 Å². The van der Waals surface area contributed by atoms with Crippen molar-refractivity contribution in [3.63, 3.8) is 0 Å². The second-order valence-corrected chi connectivity index (χ2v) is 8.48. The van der Waals surface area contributed by atoms with E-state index in [0.717, 1.165) is 50.5 Å². The summed E-state index contributed by atoms with van der Waals surface area (Å²) in [7, 11) is 0. The fourth-order valence-corrected chi connectivity index (χ4v) is 4.81. The number of rotatable bonds is 6. The number of nitrogen functional groups attached to an aromatic ring is 1. The summed E-state index contributed by atoms with van der Waals surface area (Å²) in [5.74, 6) is -0.0607. The number of carbonyl (C=O) groups is 1. The van der Waals surface area contributed by atoms with Gasteiger partial charge in [-0.2, -0.15) is 4.37 Å². The number of aliphatic carboxylic acids is 1.